The van der Waals surface area contributed by atoms with Crippen molar-refractivity contribution in [1.29, 1.82) is 0 Å². The minimum Gasteiger partial charge on any atom is -0.489 e. The van der Waals surface area contributed by atoms with E-state index >= 15 is 0 Å². The maximum atomic E-state index is 13.2. The summed E-state index contributed by atoms with van der Waals surface area (Å²) in [6.45, 7) is -0.0337. The van der Waals surface area contributed by atoms with Crippen LogP contribution in [0, 0.1) is 0 Å². The second-order valence-electron chi connectivity index (χ2n) is 10.3. The summed E-state index contributed by atoms with van der Waals surface area (Å²) in [6, 6.07) is 16.7. The van der Waals surface area contributed by atoms with Gasteiger partial charge in [0.25, 0.3) is 11.8 Å². The van der Waals surface area contributed by atoms with Gasteiger partial charge >= 0.3 is 12.1 Å². The average Bonchev–Trinajstić information content (AvgIpc) is 3.67. The molecule has 232 valence electrons. The Kier molecular flexibility index (Phi) is 7.82. The van der Waals surface area contributed by atoms with Crippen LogP contribution in [0.3, 0.4) is 0 Å². The van der Waals surface area contributed by atoms with Gasteiger partial charge < -0.3 is 20.3 Å². The van der Waals surface area contributed by atoms with Gasteiger partial charge in [-0.1, -0.05) is 12.1 Å². The molecule has 4 aromatic rings. The molecule has 15 heteroatoms. The lowest BCUT2D eigenvalue weighted by Crippen LogP contribution is -2.40. The summed E-state index contributed by atoms with van der Waals surface area (Å²) >= 11 is 1.33. The Bertz CT molecular complexity index is 1930. The number of fused-ring (bicyclic) bond motifs is 2. The van der Waals surface area contributed by atoms with Gasteiger partial charge in [0.15, 0.2) is 0 Å². The van der Waals surface area contributed by atoms with Gasteiger partial charge in [0, 0.05) is 35.2 Å². The summed E-state index contributed by atoms with van der Waals surface area (Å²) in [6.07, 6.45) is -3.56. The maximum absolute atomic E-state index is 13.2. The monoisotopic (exact) mass is 656 g/mol. The van der Waals surface area contributed by atoms with Crippen molar-refractivity contribution in [1.82, 2.24) is 15.2 Å². The number of anilines is 1. The van der Waals surface area contributed by atoms with Gasteiger partial charge in [0.1, 0.15) is 16.9 Å². The number of carbonyl (C=O) groups excluding carboxylic acids is 3. The average molecular weight is 657 g/mol. The molecule has 0 saturated carbocycles. The molecule has 3 amide bonds. The molecule has 6 rings (SSSR count). The lowest BCUT2D eigenvalue weighted by molar-refractivity contribution is -0.184. The fourth-order valence-corrected chi connectivity index (χ4v) is 7.50. The second kappa shape index (κ2) is 11.6. The van der Waals surface area contributed by atoms with Crippen molar-refractivity contribution in [2.24, 2.45) is 0 Å². The van der Waals surface area contributed by atoms with E-state index in [0.717, 1.165) is 15.3 Å². The van der Waals surface area contributed by atoms with E-state index in [1.165, 1.54) is 47.7 Å². The molecule has 0 aliphatic carbocycles. The minimum atomic E-state index is -4.91. The minimum absolute atomic E-state index is 0.0106. The molecule has 2 N–H and O–H groups in total. The molecule has 2 aliphatic heterocycles. The number of hydrogen-bond acceptors (Lipinski definition) is 8. The van der Waals surface area contributed by atoms with Crippen LogP contribution in [0.5, 0.6) is 5.75 Å². The van der Waals surface area contributed by atoms with Gasteiger partial charge in [0.2, 0.25) is 9.84 Å². The van der Waals surface area contributed by atoms with Crippen molar-refractivity contribution >= 4 is 44.6 Å². The molecule has 1 atom stereocenters. The number of amides is 3. The third-order valence-corrected chi connectivity index (χ3v) is 10.2. The van der Waals surface area contributed by atoms with Crippen molar-refractivity contribution in [3.8, 4) is 16.3 Å². The number of benzene rings is 3. The van der Waals surface area contributed by atoms with Gasteiger partial charge in [-0.05, 0) is 54.6 Å². The number of carbonyl (C=O) groups is 3. The first-order chi connectivity index (χ1) is 21.4. The van der Waals surface area contributed by atoms with Crippen molar-refractivity contribution in [2.45, 2.75) is 35.0 Å². The van der Waals surface area contributed by atoms with E-state index in [4.69, 9.17) is 4.74 Å². The highest BCUT2D eigenvalue weighted by molar-refractivity contribution is 7.91. The van der Waals surface area contributed by atoms with Crippen molar-refractivity contribution in [3.05, 3.63) is 88.9 Å². The Labute approximate surface area is 258 Å². The van der Waals surface area contributed by atoms with Gasteiger partial charge in [-0.25, -0.2) is 13.4 Å². The number of sulfone groups is 1. The summed E-state index contributed by atoms with van der Waals surface area (Å²) in [4.78, 5) is 42.7. The van der Waals surface area contributed by atoms with Crippen molar-refractivity contribution < 1.29 is 40.7 Å². The van der Waals surface area contributed by atoms with E-state index < -0.39 is 39.8 Å². The fourth-order valence-electron chi connectivity index (χ4n) is 5.05. The van der Waals surface area contributed by atoms with Gasteiger partial charge in [0.05, 0.1) is 34.1 Å². The predicted molar refractivity (Wildman–Crippen MR) is 157 cm³/mol. The maximum Gasteiger partial charge on any atom is 0.471 e. The van der Waals surface area contributed by atoms with E-state index in [-0.39, 0.29) is 46.2 Å². The van der Waals surface area contributed by atoms with Crippen LogP contribution >= 0.6 is 11.3 Å². The Hall–Kier alpha value is -4.76. The zero-order valence-corrected chi connectivity index (χ0v) is 24.8. The molecule has 45 heavy (non-hydrogen) atoms. The van der Waals surface area contributed by atoms with E-state index in [1.54, 1.807) is 36.5 Å². The third-order valence-electron chi connectivity index (χ3n) is 7.26. The molecule has 0 spiro atoms. The van der Waals surface area contributed by atoms with Crippen LogP contribution in [-0.4, -0.2) is 61.4 Å². The SMILES string of the molecule is O=C(NCc1cnc(-c2ccc(O[C@H]3CCN(C(=O)C(F)(F)F)C3)cc2)s1)c1ccc2c(c1)NC(=O)c1ccccc1S2(=O)=O. The first kappa shape index (κ1) is 30.3. The second-order valence-corrected chi connectivity index (χ2v) is 13.3. The third kappa shape index (κ3) is 6.13. The first-order valence-electron chi connectivity index (χ1n) is 13.6. The van der Waals surface area contributed by atoms with Crippen LogP contribution in [0.1, 0.15) is 32.0 Å². The smallest absolute Gasteiger partial charge is 0.471 e. The summed E-state index contributed by atoms with van der Waals surface area (Å²) in [5.41, 5.74) is 0.944. The van der Waals surface area contributed by atoms with E-state index in [2.05, 4.69) is 15.6 Å². The molecule has 0 radical (unpaired) electrons. The van der Waals surface area contributed by atoms with Crippen LogP contribution in [0.4, 0.5) is 18.9 Å². The van der Waals surface area contributed by atoms with Crippen LogP contribution in [0.25, 0.3) is 10.6 Å². The van der Waals surface area contributed by atoms with Crippen molar-refractivity contribution in [3.63, 3.8) is 0 Å². The number of alkyl halides is 3. The number of ether oxygens (including phenoxy) is 1. The molecule has 2 aliphatic rings. The Morgan fingerprint density at radius 1 is 1.07 bits per heavy atom. The van der Waals surface area contributed by atoms with Crippen molar-refractivity contribution in [2.75, 3.05) is 18.4 Å². The molecule has 1 saturated heterocycles. The van der Waals surface area contributed by atoms with E-state index in [0.29, 0.717) is 17.2 Å². The quantitative estimate of drug-likeness (QED) is 0.308. The summed E-state index contributed by atoms with van der Waals surface area (Å²) in [5.74, 6) is -2.49. The standard InChI is InChI=1S/C30H23F3N4O6S2/c31-30(32,33)29(40)37-12-11-20(16-37)43-19-8-5-17(6-9-19)28-35-15-21(44-28)14-34-26(38)18-7-10-25-23(13-18)36-27(39)22-3-1-2-4-24(22)45(25,41)42/h1-10,13,15,20H,11-12,14,16H2,(H,34,38)(H,36,39)/t20-/m0/s1. The number of nitrogens with one attached hydrogen (secondary N) is 2. The number of aromatic nitrogens is 1. The predicted octanol–water partition coefficient (Wildman–Crippen LogP) is 4.68. The molecule has 3 aromatic carbocycles. The molecule has 3 heterocycles. The summed E-state index contributed by atoms with van der Waals surface area (Å²) in [5, 5.41) is 6.02. The number of hydrogen-bond donors (Lipinski definition) is 2. The molecular formula is C30H23F3N4O6S2. The van der Waals surface area contributed by atoms with E-state index in [1.807, 2.05) is 0 Å². The molecular weight excluding hydrogens is 633 g/mol. The van der Waals surface area contributed by atoms with E-state index in [9.17, 15) is 36.0 Å². The number of nitrogens with zero attached hydrogens (tertiary/aromatic N) is 2. The highest BCUT2D eigenvalue weighted by Gasteiger charge is 2.45. The van der Waals surface area contributed by atoms with Crippen LogP contribution in [-0.2, 0) is 21.2 Å². The zero-order valence-electron chi connectivity index (χ0n) is 23.1. The van der Waals surface area contributed by atoms with Gasteiger partial charge in [-0.3, -0.25) is 14.4 Å². The number of halogens is 3. The fraction of sp³-hybridized carbons (Fsp3) is 0.200. The summed E-state index contributed by atoms with van der Waals surface area (Å²) < 4.78 is 70.2. The molecule has 10 nitrogen and oxygen atoms in total. The number of thiazole rings is 1. The normalized spacial score (nSPS) is 17.1. The van der Waals surface area contributed by atoms with Gasteiger partial charge in [-0.2, -0.15) is 13.2 Å². The highest BCUT2D eigenvalue weighted by Crippen LogP contribution is 2.34. The molecule has 0 bridgehead atoms. The van der Waals surface area contributed by atoms with Crippen LogP contribution < -0.4 is 15.4 Å². The summed E-state index contributed by atoms with van der Waals surface area (Å²) in [7, 11) is -3.99. The zero-order chi connectivity index (χ0) is 31.9. The van der Waals surface area contributed by atoms with Gasteiger partial charge in [-0.15, -0.1) is 11.3 Å². The first-order valence-corrected chi connectivity index (χ1v) is 15.9. The molecule has 1 fully saturated rings. The molecule has 0 unspecified atom stereocenters. The largest absolute Gasteiger partial charge is 0.489 e. The van der Waals surface area contributed by atoms with Crippen LogP contribution in [0.15, 0.2) is 82.7 Å². The highest BCUT2D eigenvalue weighted by atomic mass is 32.2. The lowest BCUT2D eigenvalue weighted by Gasteiger charge is -2.18. The number of likely N-dealkylation sites (tertiary alicyclic amines) is 1. The van der Waals surface area contributed by atoms with Crippen LogP contribution in [0.2, 0.25) is 0 Å². The Morgan fingerprint density at radius 2 is 1.82 bits per heavy atom. The topological polar surface area (TPSA) is 135 Å². The number of rotatable bonds is 6. The Morgan fingerprint density at radius 3 is 2.58 bits per heavy atom. The molecule has 1 aromatic heterocycles. The Balaban J connectivity index is 1.07. The lowest BCUT2D eigenvalue weighted by atomic mass is 10.1.